The third-order valence-corrected chi connectivity index (χ3v) is 3.32. The Morgan fingerprint density at radius 2 is 2.00 bits per heavy atom. The van der Waals surface area contributed by atoms with Crippen molar-refractivity contribution < 1.29 is 0 Å². The summed E-state index contributed by atoms with van der Waals surface area (Å²) < 4.78 is 0. The van der Waals surface area contributed by atoms with Gasteiger partial charge in [0.2, 0.25) is 0 Å². The van der Waals surface area contributed by atoms with Gasteiger partial charge in [0.15, 0.2) is 0 Å². The molecule has 0 radical (unpaired) electrons. The fraction of sp³-hybridized carbons (Fsp3) is 0.375. The summed E-state index contributed by atoms with van der Waals surface area (Å²) in [5.74, 6) is 0. The third-order valence-electron chi connectivity index (χ3n) is 3.32. The van der Waals surface area contributed by atoms with Gasteiger partial charge >= 0.3 is 0 Å². The van der Waals surface area contributed by atoms with Crippen LogP contribution >= 0.6 is 0 Å². The van der Waals surface area contributed by atoms with Gasteiger partial charge in [-0.15, -0.1) is 0 Å². The minimum Gasteiger partial charge on any atom is -0.0843 e. The monoisotopic (exact) mass is 212 g/mol. The normalized spacial score (nSPS) is 18.6. The summed E-state index contributed by atoms with van der Waals surface area (Å²) in [7, 11) is 0. The van der Waals surface area contributed by atoms with Gasteiger partial charge in [0, 0.05) is 0 Å². The highest BCUT2D eigenvalue weighted by Crippen LogP contribution is 2.22. The Morgan fingerprint density at radius 3 is 2.69 bits per heavy atom. The van der Waals surface area contributed by atoms with Crippen LogP contribution in [0.15, 0.2) is 53.6 Å². The second-order valence-corrected chi connectivity index (χ2v) is 4.59. The maximum absolute atomic E-state index is 2.32. The van der Waals surface area contributed by atoms with E-state index >= 15 is 0 Å². The van der Waals surface area contributed by atoms with Crippen LogP contribution in [0.3, 0.4) is 0 Å². The number of hydrogen-bond donors (Lipinski definition) is 0. The van der Waals surface area contributed by atoms with E-state index in [1.165, 1.54) is 37.7 Å². The predicted octanol–water partition coefficient (Wildman–Crippen LogP) is 4.68. The van der Waals surface area contributed by atoms with Crippen molar-refractivity contribution in [3.63, 3.8) is 0 Å². The van der Waals surface area contributed by atoms with E-state index in [1.807, 2.05) is 0 Å². The Hall–Kier alpha value is -1.30. The Balaban J connectivity index is 1.95. The summed E-state index contributed by atoms with van der Waals surface area (Å²) in [5.41, 5.74) is 4.59. The molecule has 0 saturated carbocycles. The molecule has 0 saturated heterocycles. The zero-order valence-corrected chi connectivity index (χ0v) is 10.1. The minimum absolute atomic E-state index is 1.17. The van der Waals surface area contributed by atoms with E-state index in [0.717, 1.165) is 0 Å². The fourth-order valence-corrected chi connectivity index (χ4v) is 2.21. The van der Waals surface area contributed by atoms with Gasteiger partial charge in [-0.25, -0.2) is 0 Å². The van der Waals surface area contributed by atoms with Gasteiger partial charge in [0.1, 0.15) is 0 Å². The van der Waals surface area contributed by atoms with Gasteiger partial charge in [-0.1, -0.05) is 48.1 Å². The van der Waals surface area contributed by atoms with Crippen LogP contribution in [0.4, 0.5) is 0 Å². The zero-order chi connectivity index (χ0) is 11.2. The molecule has 0 aliphatic heterocycles. The molecule has 1 aliphatic carbocycles. The van der Waals surface area contributed by atoms with E-state index in [4.69, 9.17) is 0 Å². The van der Waals surface area contributed by atoms with Crippen LogP contribution in [0.1, 0.15) is 38.2 Å². The van der Waals surface area contributed by atoms with Gasteiger partial charge in [0.05, 0.1) is 0 Å². The molecule has 0 bridgehead atoms. The number of benzene rings is 1. The molecule has 0 unspecified atom stereocenters. The molecule has 1 aliphatic rings. The van der Waals surface area contributed by atoms with E-state index in [2.05, 4.69) is 49.4 Å². The molecule has 0 heteroatoms. The van der Waals surface area contributed by atoms with Crippen molar-refractivity contribution in [1.29, 1.82) is 0 Å². The molecule has 16 heavy (non-hydrogen) atoms. The van der Waals surface area contributed by atoms with Crippen molar-refractivity contribution >= 4 is 0 Å². The topological polar surface area (TPSA) is 0 Å². The van der Waals surface area contributed by atoms with Crippen molar-refractivity contribution in [2.24, 2.45) is 0 Å². The van der Waals surface area contributed by atoms with E-state index in [9.17, 15) is 0 Å². The predicted molar refractivity (Wildman–Crippen MR) is 70.5 cm³/mol. The Morgan fingerprint density at radius 1 is 1.19 bits per heavy atom. The average Bonchev–Trinajstić information content (AvgIpc) is 2.38. The highest BCUT2D eigenvalue weighted by atomic mass is 14.1. The van der Waals surface area contributed by atoms with Gasteiger partial charge in [-0.2, -0.15) is 0 Å². The van der Waals surface area contributed by atoms with Crippen molar-refractivity contribution in [1.82, 2.24) is 0 Å². The van der Waals surface area contributed by atoms with Gasteiger partial charge in [-0.3, -0.25) is 0 Å². The molecule has 0 fully saturated rings. The zero-order valence-electron chi connectivity index (χ0n) is 10.1. The molecule has 0 nitrogen and oxygen atoms in total. The van der Waals surface area contributed by atoms with Crippen LogP contribution in [0, 0.1) is 0 Å². The first-order chi connectivity index (χ1) is 7.86. The molecule has 0 N–H and O–H groups in total. The van der Waals surface area contributed by atoms with Gasteiger partial charge in [-0.05, 0) is 50.2 Å². The average molecular weight is 212 g/mol. The minimum atomic E-state index is 1.17. The third kappa shape index (κ3) is 3.10. The summed E-state index contributed by atoms with van der Waals surface area (Å²) in [6.07, 6.45) is 10.9. The largest absolute Gasteiger partial charge is 0.0843 e. The van der Waals surface area contributed by atoms with E-state index < -0.39 is 0 Å². The Labute approximate surface area is 98.7 Å². The highest BCUT2D eigenvalue weighted by Gasteiger charge is 2.03. The molecule has 0 heterocycles. The Bertz CT molecular complexity index is 382. The van der Waals surface area contributed by atoms with E-state index in [-0.39, 0.29) is 0 Å². The summed E-state index contributed by atoms with van der Waals surface area (Å²) in [4.78, 5) is 0. The molecule has 2 rings (SSSR count). The van der Waals surface area contributed by atoms with Crippen LogP contribution in [-0.4, -0.2) is 0 Å². The number of aryl methyl sites for hydroxylation is 1. The molecular formula is C16H20. The van der Waals surface area contributed by atoms with E-state index in [1.54, 1.807) is 11.1 Å². The lowest BCUT2D eigenvalue weighted by molar-refractivity contribution is 0.797. The standard InChI is InChI=1S/C16H20/c1-14(16-10-6-3-7-11-16)12-13-15-8-4-2-5-9-15/h2,4-6,8-10H,3,7,11-13H2,1H3/b16-14-. The van der Waals surface area contributed by atoms with Gasteiger partial charge in [0.25, 0.3) is 0 Å². The molecule has 84 valence electrons. The number of rotatable bonds is 3. The molecule has 0 amide bonds. The lowest BCUT2D eigenvalue weighted by Gasteiger charge is -2.12. The fourth-order valence-electron chi connectivity index (χ4n) is 2.21. The van der Waals surface area contributed by atoms with Crippen molar-refractivity contribution in [3.8, 4) is 0 Å². The van der Waals surface area contributed by atoms with Crippen LogP contribution in [0.25, 0.3) is 0 Å². The first kappa shape index (κ1) is 11.2. The Kier molecular flexibility index (Phi) is 3.98. The van der Waals surface area contributed by atoms with Crippen LogP contribution < -0.4 is 0 Å². The molecule has 1 aromatic carbocycles. The lowest BCUT2D eigenvalue weighted by atomic mass is 9.94. The van der Waals surface area contributed by atoms with Crippen LogP contribution in [0.5, 0.6) is 0 Å². The van der Waals surface area contributed by atoms with Crippen molar-refractivity contribution in [3.05, 3.63) is 59.2 Å². The smallest absolute Gasteiger partial charge is 0.0241 e. The summed E-state index contributed by atoms with van der Waals surface area (Å²) in [5, 5.41) is 0. The van der Waals surface area contributed by atoms with E-state index in [0.29, 0.717) is 0 Å². The maximum atomic E-state index is 2.32. The van der Waals surface area contributed by atoms with Crippen LogP contribution in [0.2, 0.25) is 0 Å². The quantitative estimate of drug-likeness (QED) is 0.682. The highest BCUT2D eigenvalue weighted by molar-refractivity contribution is 5.27. The van der Waals surface area contributed by atoms with Gasteiger partial charge < -0.3 is 0 Å². The maximum Gasteiger partial charge on any atom is -0.0241 e. The van der Waals surface area contributed by atoms with Crippen LogP contribution in [-0.2, 0) is 6.42 Å². The second kappa shape index (κ2) is 5.69. The first-order valence-corrected chi connectivity index (χ1v) is 6.25. The second-order valence-electron chi connectivity index (χ2n) is 4.59. The molecule has 0 aromatic heterocycles. The van der Waals surface area contributed by atoms with Crippen molar-refractivity contribution in [2.75, 3.05) is 0 Å². The first-order valence-electron chi connectivity index (χ1n) is 6.25. The summed E-state index contributed by atoms with van der Waals surface area (Å²) >= 11 is 0. The lowest BCUT2D eigenvalue weighted by Crippen LogP contribution is -1.93. The molecule has 1 aromatic rings. The molecule has 0 spiro atoms. The summed E-state index contributed by atoms with van der Waals surface area (Å²) in [6.45, 7) is 2.29. The number of allylic oxidation sites excluding steroid dienone is 4. The number of hydrogen-bond acceptors (Lipinski definition) is 0. The molecular weight excluding hydrogens is 192 g/mol. The van der Waals surface area contributed by atoms with Crippen molar-refractivity contribution in [2.45, 2.75) is 39.0 Å². The SMILES string of the molecule is C/C(CCc1ccccc1)=C1\C=CCCC1. The summed E-state index contributed by atoms with van der Waals surface area (Å²) in [6, 6.07) is 10.8. The molecule has 0 atom stereocenters.